The van der Waals surface area contributed by atoms with Gasteiger partial charge in [-0.25, -0.2) is 0 Å². The van der Waals surface area contributed by atoms with Gasteiger partial charge in [0.1, 0.15) is 5.75 Å². The van der Waals surface area contributed by atoms with Crippen molar-refractivity contribution in [3.05, 3.63) is 27.7 Å². The number of unbranched alkanes of at least 4 members (excludes halogenated alkanes) is 1. The molecule has 0 aliphatic heterocycles. The van der Waals surface area contributed by atoms with Crippen LogP contribution in [0.4, 0.5) is 0 Å². The lowest BCUT2D eigenvalue weighted by molar-refractivity contribution is 0.184. The fraction of sp³-hybridized carbons (Fsp3) is 0.625. The van der Waals surface area contributed by atoms with E-state index in [0.717, 1.165) is 54.7 Å². The zero-order chi connectivity index (χ0) is 15.0. The Bertz CT molecular complexity index is 410. The number of methoxy groups -OCH3 is 1. The molecule has 1 atom stereocenters. The Kier molecular flexibility index (Phi) is 8.19. The average Bonchev–Trinajstić information content (AvgIpc) is 2.40. The van der Waals surface area contributed by atoms with E-state index in [4.69, 9.17) is 15.2 Å². The minimum absolute atomic E-state index is 0.180. The number of aryl methyl sites for hydroxylation is 1. The first-order chi connectivity index (χ1) is 9.58. The Morgan fingerprint density at radius 1 is 1.25 bits per heavy atom. The molecule has 114 valence electrons. The van der Waals surface area contributed by atoms with Crippen LogP contribution in [0.3, 0.4) is 0 Å². The van der Waals surface area contributed by atoms with E-state index in [1.807, 2.05) is 0 Å². The van der Waals surface area contributed by atoms with E-state index in [9.17, 15) is 0 Å². The molecule has 1 aromatic rings. The molecule has 2 N–H and O–H groups in total. The molecule has 1 aromatic carbocycles. The first-order valence-corrected chi connectivity index (χ1v) is 8.04. The predicted octanol–water partition coefficient (Wildman–Crippen LogP) is 3.84. The Morgan fingerprint density at radius 2 is 1.95 bits per heavy atom. The number of benzene rings is 1. The molecule has 0 aliphatic rings. The van der Waals surface area contributed by atoms with Gasteiger partial charge in [0, 0.05) is 24.2 Å². The number of nitrogens with two attached hydrogens (primary N) is 1. The molecule has 1 rings (SSSR count). The summed E-state index contributed by atoms with van der Waals surface area (Å²) in [5.41, 5.74) is 8.43. The number of hydrogen-bond donors (Lipinski definition) is 1. The SMILES string of the molecule is CCC(N)Cc1cc(Br)cc(C)c1OCCCCOC. The summed E-state index contributed by atoms with van der Waals surface area (Å²) in [5, 5.41) is 0. The topological polar surface area (TPSA) is 44.5 Å². The third kappa shape index (κ3) is 5.81. The monoisotopic (exact) mass is 343 g/mol. The highest BCUT2D eigenvalue weighted by molar-refractivity contribution is 9.10. The fourth-order valence-electron chi connectivity index (χ4n) is 2.11. The van der Waals surface area contributed by atoms with Crippen LogP contribution in [0.2, 0.25) is 0 Å². The minimum Gasteiger partial charge on any atom is -0.493 e. The van der Waals surface area contributed by atoms with Gasteiger partial charge in [-0.05, 0) is 55.9 Å². The van der Waals surface area contributed by atoms with Crippen LogP contribution in [0.5, 0.6) is 5.75 Å². The minimum atomic E-state index is 0.180. The van der Waals surface area contributed by atoms with Crippen molar-refractivity contribution in [1.82, 2.24) is 0 Å². The van der Waals surface area contributed by atoms with E-state index in [1.54, 1.807) is 7.11 Å². The van der Waals surface area contributed by atoms with Gasteiger partial charge in [-0.2, -0.15) is 0 Å². The summed E-state index contributed by atoms with van der Waals surface area (Å²) in [5.74, 6) is 0.995. The third-order valence-electron chi connectivity index (χ3n) is 3.31. The largest absolute Gasteiger partial charge is 0.493 e. The molecule has 0 bridgehead atoms. The standard InChI is InChI=1S/C16H26BrNO2/c1-4-15(18)11-13-10-14(17)9-12(2)16(13)20-8-6-5-7-19-3/h9-10,15H,4-8,11,18H2,1-3H3. The van der Waals surface area contributed by atoms with Crippen molar-refractivity contribution in [2.45, 2.75) is 45.6 Å². The highest BCUT2D eigenvalue weighted by atomic mass is 79.9. The highest BCUT2D eigenvalue weighted by Crippen LogP contribution is 2.29. The highest BCUT2D eigenvalue weighted by Gasteiger charge is 2.12. The molecule has 4 heteroatoms. The van der Waals surface area contributed by atoms with Crippen molar-refractivity contribution in [2.75, 3.05) is 20.3 Å². The molecule has 3 nitrogen and oxygen atoms in total. The first-order valence-electron chi connectivity index (χ1n) is 7.24. The van der Waals surface area contributed by atoms with E-state index in [-0.39, 0.29) is 6.04 Å². The van der Waals surface area contributed by atoms with Crippen LogP contribution in [0.1, 0.15) is 37.3 Å². The predicted molar refractivity (Wildman–Crippen MR) is 87.5 cm³/mol. The van der Waals surface area contributed by atoms with Crippen molar-refractivity contribution in [3.63, 3.8) is 0 Å². The van der Waals surface area contributed by atoms with Gasteiger partial charge in [-0.1, -0.05) is 22.9 Å². The summed E-state index contributed by atoms with van der Waals surface area (Å²) in [6.45, 7) is 5.70. The molecule has 0 amide bonds. The summed E-state index contributed by atoms with van der Waals surface area (Å²) in [4.78, 5) is 0. The molecule has 0 radical (unpaired) electrons. The van der Waals surface area contributed by atoms with Crippen molar-refractivity contribution >= 4 is 15.9 Å². The Balaban J connectivity index is 2.71. The quantitative estimate of drug-likeness (QED) is 0.692. The third-order valence-corrected chi connectivity index (χ3v) is 3.77. The molecule has 0 spiro atoms. The van der Waals surface area contributed by atoms with Crippen LogP contribution < -0.4 is 10.5 Å². The van der Waals surface area contributed by atoms with Crippen LogP contribution in [0.15, 0.2) is 16.6 Å². The van der Waals surface area contributed by atoms with Crippen LogP contribution in [-0.2, 0) is 11.2 Å². The number of rotatable bonds is 9. The van der Waals surface area contributed by atoms with Crippen molar-refractivity contribution in [2.24, 2.45) is 5.73 Å². The van der Waals surface area contributed by atoms with Crippen LogP contribution in [0, 0.1) is 6.92 Å². The summed E-state index contributed by atoms with van der Waals surface area (Å²) in [6.07, 6.45) is 3.85. The smallest absolute Gasteiger partial charge is 0.125 e. The molecule has 0 saturated heterocycles. The molecule has 0 fully saturated rings. The first kappa shape index (κ1) is 17.5. The average molecular weight is 344 g/mol. The Labute approximate surface area is 131 Å². The summed E-state index contributed by atoms with van der Waals surface area (Å²) in [7, 11) is 1.73. The van der Waals surface area contributed by atoms with Gasteiger partial charge >= 0.3 is 0 Å². The summed E-state index contributed by atoms with van der Waals surface area (Å²) in [6, 6.07) is 4.39. The van der Waals surface area contributed by atoms with E-state index in [0.29, 0.717) is 0 Å². The second-order valence-corrected chi connectivity index (χ2v) is 6.05. The normalized spacial score (nSPS) is 12.4. The molecule has 0 aromatic heterocycles. The van der Waals surface area contributed by atoms with Gasteiger partial charge in [0.2, 0.25) is 0 Å². The van der Waals surface area contributed by atoms with Gasteiger partial charge in [0.25, 0.3) is 0 Å². The van der Waals surface area contributed by atoms with Crippen LogP contribution >= 0.6 is 15.9 Å². The molecular weight excluding hydrogens is 318 g/mol. The van der Waals surface area contributed by atoms with Gasteiger partial charge in [-0.3, -0.25) is 0 Å². The Hall–Kier alpha value is -0.580. The second-order valence-electron chi connectivity index (χ2n) is 5.13. The van der Waals surface area contributed by atoms with Gasteiger partial charge in [-0.15, -0.1) is 0 Å². The second kappa shape index (κ2) is 9.37. The maximum Gasteiger partial charge on any atom is 0.125 e. The maximum atomic E-state index is 6.08. The lowest BCUT2D eigenvalue weighted by Gasteiger charge is -2.17. The maximum absolute atomic E-state index is 6.08. The van der Waals surface area contributed by atoms with E-state index < -0.39 is 0 Å². The number of ether oxygens (including phenoxy) is 2. The van der Waals surface area contributed by atoms with Crippen LogP contribution in [0.25, 0.3) is 0 Å². The fourth-order valence-corrected chi connectivity index (χ4v) is 2.73. The van der Waals surface area contributed by atoms with E-state index >= 15 is 0 Å². The molecular formula is C16H26BrNO2. The molecule has 1 unspecified atom stereocenters. The zero-order valence-electron chi connectivity index (χ0n) is 12.7. The van der Waals surface area contributed by atoms with Gasteiger partial charge in [0.15, 0.2) is 0 Å². The van der Waals surface area contributed by atoms with E-state index in [2.05, 4.69) is 41.9 Å². The summed E-state index contributed by atoms with van der Waals surface area (Å²) < 4.78 is 12.1. The van der Waals surface area contributed by atoms with Crippen molar-refractivity contribution in [1.29, 1.82) is 0 Å². The number of halogens is 1. The molecule has 20 heavy (non-hydrogen) atoms. The van der Waals surface area contributed by atoms with Crippen LogP contribution in [-0.4, -0.2) is 26.4 Å². The van der Waals surface area contributed by atoms with E-state index in [1.165, 1.54) is 5.56 Å². The molecule has 0 saturated carbocycles. The number of hydrogen-bond acceptors (Lipinski definition) is 3. The van der Waals surface area contributed by atoms with Gasteiger partial charge in [0.05, 0.1) is 6.61 Å². The van der Waals surface area contributed by atoms with Crippen molar-refractivity contribution in [3.8, 4) is 5.75 Å². The van der Waals surface area contributed by atoms with Crippen molar-refractivity contribution < 1.29 is 9.47 Å². The van der Waals surface area contributed by atoms with Gasteiger partial charge < -0.3 is 15.2 Å². The lowest BCUT2D eigenvalue weighted by Crippen LogP contribution is -2.22. The zero-order valence-corrected chi connectivity index (χ0v) is 14.3. The lowest BCUT2D eigenvalue weighted by atomic mass is 10.0. The molecule has 0 aliphatic carbocycles. The molecule has 0 heterocycles. The summed E-state index contributed by atoms with van der Waals surface area (Å²) >= 11 is 3.55. The Morgan fingerprint density at radius 3 is 2.60 bits per heavy atom.